The van der Waals surface area contributed by atoms with E-state index in [1.165, 1.54) is 12.8 Å². The Morgan fingerprint density at radius 2 is 2.17 bits per heavy atom. The summed E-state index contributed by atoms with van der Waals surface area (Å²) in [6.07, 6.45) is 4.87. The smallest absolute Gasteiger partial charge is 0.272 e. The lowest BCUT2D eigenvalue weighted by Crippen LogP contribution is -2.35. The van der Waals surface area contributed by atoms with Crippen molar-refractivity contribution >= 4 is 11.7 Å². The number of aromatic nitrogens is 1. The van der Waals surface area contributed by atoms with Crippen LogP contribution in [0.15, 0.2) is 18.2 Å². The van der Waals surface area contributed by atoms with Crippen molar-refractivity contribution in [2.45, 2.75) is 31.7 Å². The fourth-order valence-electron chi connectivity index (χ4n) is 2.20. The van der Waals surface area contributed by atoms with Crippen molar-refractivity contribution in [3.05, 3.63) is 23.9 Å². The van der Waals surface area contributed by atoms with Crippen molar-refractivity contribution in [3.63, 3.8) is 0 Å². The van der Waals surface area contributed by atoms with Gasteiger partial charge in [0.1, 0.15) is 11.5 Å². The summed E-state index contributed by atoms with van der Waals surface area (Å²) in [6.45, 7) is 0.926. The summed E-state index contributed by atoms with van der Waals surface area (Å²) in [5.41, 5.74) is 0.564. The first-order chi connectivity index (χ1) is 8.78. The Bertz CT molecular complexity index is 452. The summed E-state index contributed by atoms with van der Waals surface area (Å²) in [5.74, 6) is 1.59. The zero-order valence-corrected chi connectivity index (χ0v) is 10.7. The van der Waals surface area contributed by atoms with Crippen LogP contribution in [0.5, 0.6) is 0 Å². The van der Waals surface area contributed by atoms with Crippen molar-refractivity contribution in [2.75, 3.05) is 18.9 Å². The molecule has 2 aliphatic rings. The standard InChI is InChI=1S/C14H19N3O/c1-15-13-4-2-3-12(16-13)14(18)17(11-7-8-11)9-10-5-6-10/h2-4,10-11H,5-9H2,1H3,(H,15,16). The number of rotatable bonds is 5. The predicted octanol–water partition coefficient (Wildman–Crippen LogP) is 2.14. The van der Waals surface area contributed by atoms with E-state index < -0.39 is 0 Å². The number of carbonyl (C=O) groups is 1. The van der Waals surface area contributed by atoms with E-state index in [0.29, 0.717) is 11.7 Å². The highest BCUT2D eigenvalue weighted by molar-refractivity contribution is 5.93. The molecule has 0 bridgehead atoms. The number of pyridine rings is 1. The molecule has 18 heavy (non-hydrogen) atoms. The average Bonchev–Trinajstić information content (AvgIpc) is 3.28. The van der Waals surface area contributed by atoms with Gasteiger partial charge in [0, 0.05) is 19.6 Å². The van der Waals surface area contributed by atoms with Crippen LogP contribution in [0.25, 0.3) is 0 Å². The molecular weight excluding hydrogens is 226 g/mol. The largest absolute Gasteiger partial charge is 0.373 e. The SMILES string of the molecule is CNc1cccc(C(=O)N(CC2CC2)C2CC2)n1. The van der Waals surface area contributed by atoms with Gasteiger partial charge in [-0.3, -0.25) is 4.79 Å². The maximum absolute atomic E-state index is 12.5. The maximum atomic E-state index is 12.5. The minimum Gasteiger partial charge on any atom is -0.373 e. The van der Waals surface area contributed by atoms with Gasteiger partial charge in [0.05, 0.1) is 0 Å². The average molecular weight is 245 g/mol. The Hall–Kier alpha value is -1.58. The highest BCUT2D eigenvalue weighted by Crippen LogP contribution is 2.35. The van der Waals surface area contributed by atoms with Crippen LogP contribution in [-0.2, 0) is 0 Å². The molecule has 0 spiro atoms. The van der Waals surface area contributed by atoms with Crippen LogP contribution >= 0.6 is 0 Å². The number of amides is 1. The molecule has 0 atom stereocenters. The third-order valence-corrected chi connectivity index (χ3v) is 3.62. The Labute approximate surface area is 107 Å². The number of nitrogens with zero attached hydrogens (tertiary/aromatic N) is 2. The number of hydrogen-bond acceptors (Lipinski definition) is 3. The second-order valence-electron chi connectivity index (χ2n) is 5.29. The van der Waals surface area contributed by atoms with Crippen LogP contribution in [0.4, 0.5) is 5.82 Å². The minimum atomic E-state index is 0.0986. The van der Waals surface area contributed by atoms with Crippen molar-refractivity contribution in [2.24, 2.45) is 5.92 Å². The van der Waals surface area contributed by atoms with Crippen molar-refractivity contribution in [1.29, 1.82) is 0 Å². The van der Waals surface area contributed by atoms with E-state index in [-0.39, 0.29) is 5.91 Å². The quantitative estimate of drug-likeness (QED) is 0.864. The summed E-state index contributed by atoms with van der Waals surface area (Å²) in [4.78, 5) is 18.9. The molecule has 3 rings (SSSR count). The molecule has 1 aromatic rings. The molecule has 4 heteroatoms. The molecule has 1 amide bonds. The normalized spacial score (nSPS) is 18.5. The van der Waals surface area contributed by atoms with Gasteiger partial charge in [-0.1, -0.05) is 6.07 Å². The number of nitrogens with one attached hydrogen (secondary N) is 1. The lowest BCUT2D eigenvalue weighted by atomic mass is 10.2. The lowest BCUT2D eigenvalue weighted by Gasteiger charge is -2.22. The van der Waals surface area contributed by atoms with Crippen LogP contribution in [0.3, 0.4) is 0 Å². The van der Waals surface area contributed by atoms with Gasteiger partial charge in [0.2, 0.25) is 0 Å². The zero-order valence-electron chi connectivity index (χ0n) is 10.7. The van der Waals surface area contributed by atoms with E-state index in [1.807, 2.05) is 30.1 Å². The molecule has 0 aliphatic heterocycles. The number of hydrogen-bond donors (Lipinski definition) is 1. The van der Waals surface area contributed by atoms with E-state index in [4.69, 9.17) is 0 Å². The molecule has 0 unspecified atom stereocenters. The summed E-state index contributed by atoms with van der Waals surface area (Å²) in [5, 5.41) is 2.98. The fraction of sp³-hybridized carbons (Fsp3) is 0.571. The Morgan fingerprint density at radius 1 is 1.39 bits per heavy atom. The van der Waals surface area contributed by atoms with Gasteiger partial charge in [0.15, 0.2) is 0 Å². The molecule has 4 nitrogen and oxygen atoms in total. The van der Waals surface area contributed by atoms with Gasteiger partial charge in [0.25, 0.3) is 5.91 Å². The summed E-state index contributed by atoms with van der Waals surface area (Å²) >= 11 is 0. The van der Waals surface area contributed by atoms with Crippen molar-refractivity contribution in [3.8, 4) is 0 Å². The van der Waals surface area contributed by atoms with Crippen molar-refractivity contribution in [1.82, 2.24) is 9.88 Å². The first kappa shape index (κ1) is 11.5. The van der Waals surface area contributed by atoms with Gasteiger partial charge in [-0.25, -0.2) is 4.98 Å². The monoisotopic (exact) mass is 245 g/mol. The third kappa shape index (κ3) is 2.47. The van der Waals surface area contributed by atoms with Gasteiger partial charge in [-0.15, -0.1) is 0 Å². The molecule has 1 heterocycles. The fourth-order valence-corrected chi connectivity index (χ4v) is 2.20. The summed E-state index contributed by atoms with van der Waals surface area (Å²) in [6, 6.07) is 6.04. The van der Waals surface area contributed by atoms with Crippen molar-refractivity contribution < 1.29 is 4.79 Å². The Kier molecular flexibility index (Phi) is 2.94. The molecule has 96 valence electrons. The van der Waals surface area contributed by atoms with Crippen LogP contribution in [-0.4, -0.2) is 35.4 Å². The number of carbonyl (C=O) groups excluding carboxylic acids is 1. The zero-order chi connectivity index (χ0) is 12.5. The topological polar surface area (TPSA) is 45.2 Å². The third-order valence-electron chi connectivity index (χ3n) is 3.62. The van der Waals surface area contributed by atoms with E-state index in [9.17, 15) is 4.79 Å². The highest BCUT2D eigenvalue weighted by atomic mass is 16.2. The van der Waals surface area contributed by atoms with Gasteiger partial charge in [-0.2, -0.15) is 0 Å². The molecule has 1 aromatic heterocycles. The highest BCUT2D eigenvalue weighted by Gasteiger charge is 2.37. The molecule has 0 radical (unpaired) electrons. The second-order valence-corrected chi connectivity index (χ2v) is 5.29. The van der Waals surface area contributed by atoms with Gasteiger partial charge < -0.3 is 10.2 Å². The van der Waals surface area contributed by atoms with Crippen LogP contribution in [0.1, 0.15) is 36.2 Å². The van der Waals surface area contributed by atoms with Crippen LogP contribution in [0.2, 0.25) is 0 Å². The molecule has 2 aliphatic carbocycles. The Morgan fingerprint density at radius 3 is 2.78 bits per heavy atom. The maximum Gasteiger partial charge on any atom is 0.272 e. The van der Waals surface area contributed by atoms with Gasteiger partial charge in [-0.05, 0) is 43.7 Å². The molecular formula is C14H19N3O. The van der Waals surface area contributed by atoms with E-state index in [2.05, 4.69) is 10.3 Å². The van der Waals surface area contributed by atoms with Gasteiger partial charge >= 0.3 is 0 Å². The van der Waals surface area contributed by atoms with E-state index >= 15 is 0 Å². The summed E-state index contributed by atoms with van der Waals surface area (Å²) < 4.78 is 0. The lowest BCUT2D eigenvalue weighted by molar-refractivity contribution is 0.0729. The van der Waals surface area contributed by atoms with Crippen LogP contribution < -0.4 is 5.32 Å². The Balaban J connectivity index is 1.77. The van der Waals surface area contributed by atoms with E-state index in [1.54, 1.807) is 0 Å². The molecule has 1 N–H and O–H groups in total. The minimum absolute atomic E-state index is 0.0986. The molecule has 0 saturated heterocycles. The van der Waals surface area contributed by atoms with E-state index in [0.717, 1.165) is 31.1 Å². The predicted molar refractivity (Wildman–Crippen MR) is 70.6 cm³/mol. The van der Waals surface area contributed by atoms with Crippen LogP contribution in [0, 0.1) is 5.92 Å². The second kappa shape index (κ2) is 4.59. The first-order valence-corrected chi connectivity index (χ1v) is 6.73. The molecule has 2 saturated carbocycles. The molecule has 2 fully saturated rings. The first-order valence-electron chi connectivity index (χ1n) is 6.73. The summed E-state index contributed by atoms with van der Waals surface area (Å²) in [7, 11) is 1.82. The number of anilines is 1. The molecule has 0 aromatic carbocycles.